The summed E-state index contributed by atoms with van der Waals surface area (Å²) in [6.07, 6.45) is 1.74. The zero-order valence-electron chi connectivity index (χ0n) is 9.47. The van der Waals surface area contributed by atoms with E-state index in [-0.39, 0.29) is 5.75 Å². The Bertz CT molecular complexity index is 641. The van der Waals surface area contributed by atoms with E-state index < -0.39 is 0 Å². The standard InChI is InChI=1S/C15H10ClNO/c16-14-5-1-3-11(8-14)7-13(10-17)12-4-2-6-15(18)9-12/h1-9,18H/b13-7-. The molecule has 1 N–H and O–H groups in total. The number of benzene rings is 2. The Hall–Kier alpha value is -2.24. The largest absolute Gasteiger partial charge is 0.508 e. The summed E-state index contributed by atoms with van der Waals surface area (Å²) in [5, 5.41) is 19.2. The lowest BCUT2D eigenvalue weighted by Gasteiger charge is -2.01. The van der Waals surface area contributed by atoms with Gasteiger partial charge in [0.25, 0.3) is 0 Å². The number of hydrogen-bond acceptors (Lipinski definition) is 2. The van der Waals surface area contributed by atoms with Gasteiger partial charge in [0.05, 0.1) is 11.6 Å². The first kappa shape index (κ1) is 12.2. The molecule has 0 aliphatic heterocycles. The fraction of sp³-hybridized carbons (Fsp3) is 0. The maximum Gasteiger partial charge on any atom is 0.116 e. The number of nitrogens with zero attached hydrogens (tertiary/aromatic N) is 1. The molecule has 2 rings (SSSR count). The van der Waals surface area contributed by atoms with Crippen molar-refractivity contribution in [1.82, 2.24) is 0 Å². The summed E-state index contributed by atoms with van der Waals surface area (Å²) < 4.78 is 0. The van der Waals surface area contributed by atoms with Crippen LogP contribution < -0.4 is 0 Å². The van der Waals surface area contributed by atoms with Crippen LogP contribution in [-0.4, -0.2) is 5.11 Å². The maximum atomic E-state index is 9.41. The fourth-order valence-electron chi connectivity index (χ4n) is 1.62. The molecule has 0 bridgehead atoms. The Kier molecular flexibility index (Phi) is 3.66. The average Bonchev–Trinajstić information content (AvgIpc) is 2.36. The molecule has 0 radical (unpaired) electrons. The van der Waals surface area contributed by atoms with Crippen molar-refractivity contribution >= 4 is 23.3 Å². The molecule has 0 amide bonds. The second-order valence-electron chi connectivity index (χ2n) is 3.78. The predicted octanol–water partition coefficient (Wildman–Crippen LogP) is 4.11. The normalized spacial score (nSPS) is 11.0. The molecule has 2 nitrogen and oxygen atoms in total. The van der Waals surface area contributed by atoms with Gasteiger partial charge in [0.2, 0.25) is 0 Å². The summed E-state index contributed by atoms with van der Waals surface area (Å²) in [6.45, 7) is 0. The predicted molar refractivity (Wildman–Crippen MR) is 73.0 cm³/mol. The molecule has 88 valence electrons. The molecule has 18 heavy (non-hydrogen) atoms. The molecule has 0 aliphatic rings. The quantitative estimate of drug-likeness (QED) is 0.648. The molecule has 2 aromatic rings. The second-order valence-corrected chi connectivity index (χ2v) is 4.21. The van der Waals surface area contributed by atoms with E-state index in [1.54, 1.807) is 42.5 Å². The molecule has 0 fully saturated rings. The molecule has 0 aromatic heterocycles. The molecule has 2 aromatic carbocycles. The summed E-state index contributed by atoms with van der Waals surface area (Å²) >= 11 is 5.89. The van der Waals surface area contributed by atoms with Gasteiger partial charge in [-0.1, -0.05) is 35.9 Å². The summed E-state index contributed by atoms with van der Waals surface area (Å²) in [4.78, 5) is 0. The van der Waals surface area contributed by atoms with Gasteiger partial charge in [0, 0.05) is 5.02 Å². The second kappa shape index (κ2) is 5.39. The van der Waals surface area contributed by atoms with Crippen LogP contribution in [0.15, 0.2) is 48.5 Å². The highest BCUT2D eigenvalue weighted by Crippen LogP contribution is 2.22. The number of nitriles is 1. The van der Waals surface area contributed by atoms with Gasteiger partial charge < -0.3 is 5.11 Å². The Morgan fingerprint density at radius 1 is 1.17 bits per heavy atom. The van der Waals surface area contributed by atoms with Gasteiger partial charge in [-0.05, 0) is 41.5 Å². The Labute approximate surface area is 110 Å². The zero-order valence-corrected chi connectivity index (χ0v) is 10.2. The molecule has 0 atom stereocenters. The van der Waals surface area contributed by atoms with Crippen molar-refractivity contribution in [2.45, 2.75) is 0 Å². The summed E-state index contributed by atoms with van der Waals surface area (Å²) in [5.74, 6) is 0.139. The fourth-order valence-corrected chi connectivity index (χ4v) is 1.82. The van der Waals surface area contributed by atoms with Gasteiger partial charge >= 0.3 is 0 Å². The Morgan fingerprint density at radius 3 is 2.61 bits per heavy atom. The van der Waals surface area contributed by atoms with Crippen molar-refractivity contribution in [3.63, 3.8) is 0 Å². The van der Waals surface area contributed by atoms with Crippen molar-refractivity contribution in [3.8, 4) is 11.8 Å². The lowest BCUT2D eigenvalue weighted by atomic mass is 10.0. The minimum Gasteiger partial charge on any atom is -0.508 e. The minimum atomic E-state index is 0.139. The van der Waals surface area contributed by atoms with Gasteiger partial charge in [0.1, 0.15) is 5.75 Å². The first-order valence-electron chi connectivity index (χ1n) is 5.36. The molecule has 0 aliphatic carbocycles. The summed E-state index contributed by atoms with van der Waals surface area (Å²) in [5.41, 5.74) is 2.01. The van der Waals surface area contributed by atoms with E-state index in [9.17, 15) is 5.11 Å². The number of phenolic OH excluding ortho intramolecular Hbond substituents is 1. The van der Waals surface area contributed by atoms with Gasteiger partial charge in [-0.2, -0.15) is 5.26 Å². The van der Waals surface area contributed by atoms with Gasteiger partial charge in [0.15, 0.2) is 0 Å². The van der Waals surface area contributed by atoms with Gasteiger partial charge in [-0.25, -0.2) is 0 Å². The van der Waals surface area contributed by atoms with E-state index in [0.29, 0.717) is 16.2 Å². The Morgan fingerprint density at radius 2 is 1.94 bits per heavy atom. The van der Waals surface area contributed by atoms with Crippen LogP contribution in [0, 0.1) is 11.3 Å². The molecular formula is C15H10ClNO. The topological polar surface area (TPSA) is 44.0 Å². The molecule has 3 heteroatoms. The molecule has 0 spiro atoms. The zero-order chi connectivity index (χ0) is 13.0. The lowest BCUT2D eigenvalue weighted by molar-refractivity contribution is 0.475. The Balaban J connectivity index is 2.44. The van der Waals surface area contributed by atoms with Crippen LogP contribution in [0.3, 0.4) is 0 Å². The van der Waals surface area contributed by atoms with E-state index in [1.165, 1.54) is 0 Å². The molecule has 0 saturated carbocycles. The number of phenols is 1. The highest BCUT2D eigenvalue weighted by molar-refractivity contribution is 6.30. The number of allylic oxidation sites excluding steroid dienone is 1. The summed E-state index contributed by atoms with van der Waals surface area (Å²) in [6, 6.07) is 16.0. The SMILES string of the molecule is N#C/C(=C/c1cccc(Cl)c1)c1cccc(O)c1. The number of aromatic hydroxyl groups is 1. The number of hydrogen-bond donors (Lipinski definition) is 1. The maximum absolute atomic E-state index is 9.41. The molecule has 0 heterocycles. The third-order valence-electron chi connectivity index (χ3n) is 2.44. The van der Waals surface area contributed by atoms with E-state index in [0.717, 1.165) is 5.56 Å². The highest BCUT2D eigenvalue weighted by Gasteiger charge is 2.02. The van der Waals surface area contributed by atoms with Crippen molar-refractivity contribution in [2.75, 3.05) is 0 Å². The number of rotatable bonds is 2. The third kappa shape index (κ3) is 2.91. The smallest absolute Gasteiger partial charge is 0.116 e. The molecule has 0 saturated heterocycles. The van der Waals surface area contributed by atoms with E-state index >= 15 is 0 Å². The first-order valence-corrected chi connectivity index (χ1v) is 5.73. The average molecular weight is 256 g/mol. The lowest BCUT2D eigenvalue weighted by Crippen LogP contribution is -1.82. The van der Waals surface area contributed by atoms with E-state index in [4.69, 9.17) is 16.9 Å². The minimum absolute atomic E-state index is 0.139. The summed E-state index contributed by atoms with van der Waals surface area (Å²) in [7, 11) is 0. The van der Waals surface area contributed by atoms with Crippen LogP contribution in [0.2, 0.25) is 5.02 Å². The van der Waals surface area contributed by atoms with Crippen molar-refractivity contribution < 1.29 is 5.11 Å². The third-order valence-corrected chi connectivity index (χ3v) is 2.67. The highest BCUT2D eigenvalue weighted by atomic mass is 35.5. The molecule has 0 unspecified atom stereocenters. The van der Waals surface area contributed by atoms with Crippen LogP contribution in [0.1, 0.15) is 11.1 Å². The van der Waals surface area contributed by atoms with Crippen LogP contribution in [-0.2, 0) is 0 Å². The van der Waals surface area contributed by atoms with Crippen LogP contribution >= 0.6 is 11.6 Å². The van der Waals surface area contributed by atoms with Gasteiger partial charge in [-0.15, -0.1) is 0 Å². The van der Waals surface area contributed by atoms with Crippen LogP contribution in [0.5, 0.6) is 5.75 Å². The monoisotopic (exact) mass is 255 g/mol. The molecular weight excluding hydrogens is 246 g/mol. The van der Waals surface area contributed by atoms with Crippen molar-refractivity contribution in [2.24, 2.45) is 0 Å². The first-order chi connectivity index (χ1) is 8.69. The van der Waals surface area contributed by atoms with Crippen LogP contribution in [0.25, 0.3) is 11.6 Å². The number of halogens is 1. The van der Waals surface area contributed by atoms with E-state index in [2.05, 4.69) is 6.07 Å². The van der Waals surface area contributed by atoms with E-state index in [1.807, 2.05) is 12.1 Å². The van der Waals surface area contributed by atoms with Gasteiger partial charge in [-0.3, -0.25) is 0 Å². The van der Waals surface area contributed by atoms with Crippen molar-refractivity contribution in [3.05, 3.63) is 64.7 Å². The van der Waals surface area contributed by atoms with Crippen molar-refractivity contribution in [1.29, 1.82) is 5.26 Å². The van der Waals surface area contributed by atoms with Crippen LogP contribution in [0.4, 0.5) is 0 Å².